The maximum Gasteiger partial charge on any atom is -0.00944 e. The molecule has 0 radical (unpaired) electrons. The van der Waals surface area contributed by atoms with E-state index in [9.17, 15) is 0 Å². The van der Waals surface area contributed by atoms with Crippen LogP contribution in [0.3, 0.4) is 0 Å². The maximum atomic E-state index is 2.65. The largest absolute Gasteiger partial charge is 0.0654 e. The van der Waals surface area contributed by atoms with Gasteiger partial charge in [0.05, 0.1) is 0 Å². The summed E-state index contributed by atoms with van der Waals surface area (Å²) in [5, 5.41) is 6.19. The Bertz CT molecular complexity index is 1310. The molecule has 4 aromatic rings. The zero-order valence-electron chi connectivity index (χ0n) is 30.3. The Hall–Kier alpha value is -2.26. The predicted octanol–water partition coefficient (Wildman–Crippen LogP) is 11.1. The third-order valence-corrected chi connectivity index (χ3v) is 15.6. The zero-order valence-corrected chi connectivity index (χ0v) is 32.1. The Labute approximate surface area is 279 Å². The van der Waals surface area contributed by atoms with E-state index >= 15 is 0 Å². The normalized spacial score (nSPS) is 13.5. The van der Waals surface area contributed by atoms with Gasteiger partial charge in [0, 0.05) is 0 Å². The fourth-order valence-corrected chi connectivity index (χ4v) is 15.5. The molecule has 0 aliphatic carbocycles. The van der Waals surface area contributed by atoms with E-state index in [1.54, 1.807) is 21.2 Å². The van der Waals surface area contributed by atoms with Crippen molar-refractivity contribution in [3.05, 3.63) is 117 Å². The van der Waals surface area contributed by atoms with E-state index in [1.165, 1.54) is 70.2 Å². The van der Waals surface area contributed by atoms with Gasteiger partial charge in [-0.15, -0.1) is 0 Å². The highest BCUT2D eigenvalue weighted by molar-refractivity contribution is 7.74. The first-order valence-corrected chi connectivity index (χ1v) is 20.0. The van der Waals surface area contributed by atoms with Gasteiger partial charge in [-0.2, -0.15) is 0 Å². The van der Waals surface area contributed by atoms with Crippen LogP contribution >= 0.6 is 15.8 Å². The van der Waals surface area contributed by atoms with E-state index in [1.807, 2.05) is 0 Å². The van der Waals surface area contributed by atoms with Gasteiger partial charge in [-0.3, -0.25) is 0 Å². The van der Waals surface area contributed by atoms with Gasteiger partial charge in [0.15, 0.2) is 0 Å². The van der Waals surface area contributed by atoms with Crippen LogP contribution in [-0.2, 0) is 0 Å². The Kier molecular flexibility index (Phi) is 11.9. The van der Waals surface area contributed by atoms with Crippen LogP contribution in [0.5, 0.6) is 0 Å². The first-order valence-electron chi connectivity index (χ1n) is 17.2. The molecule has 0 nitrogen and oxygen atoms in total. The lowest BCUT2D eigenvalue weighted by atomic mass is 9.74. The molecule has 0 aromatic heterocycles. The van der Waals surface area contributed by atoms with Crippen molar-refractivity contribution in [1.82, 2.24) is 0 Å². The lowest BCUT2D eigenvalue weighted by molar-refractivity contribution is 0.228. The van der Waals surface area contributed by atoms with Crippen molar-refractivity contribution in [2.75, 3.05) is 0 Å². The van der Waals surface area contributed by atoms with Crippen molar-refractivity contribution in [3.8, 4) is 0 Å². The van der Waals surface area contributed by atoms with Gasteiger partial charge in [-0.25, -0.2) is 0 Å². The Balaban J connectivity index is 2.03. The molecule has 240 valence electrons. The third-order valence-electron chi connectivity index (χ3n) is 9.81. The first kappa shape index (κ1) is 35.6. The van der Waals surface area contributed by atoms with Crippen molar-refractivity contribution in [3.63, 3.8) is 0 Å². The highest BCUT2D eigenvalue weighted by atomic mass is 31.1. The van der Waals surface area contributed by atoms with Crippen LogP contribution < -0.4 is 21.2 Å². The minimum Gasteiger partial charge on any atom is -0.0654 e. The minimum absolute atomic E-state index is 0.186. The monoisotopic (exact) mass is 636 g/mol. The Morgan fingerprint density at radius 1 is 0.400 bits per heavy atom. The second kappa shape index (κ2) is 15.1. The molecule has 2 atom stereocenters. The summed E-state index contributed by atoms with van der Waals surface area (Å²) in [6.07, 6.45) is 4.93. The van der Waals surface area contributed by atoms with Gasteiger partial charge in [-0.1, -0.05) is 158 Å². The van der Waals surface area contributed by atoms with E-state index in [2.05, 4.69) is 156 Å². The molecule has 0 spiro atoms. The highest BCUT2D eigenvalue weighted by Crippen LogP contribution is 2.60. The molecule has 0 heterocycles. The molecule has 2 heteroatoms. The molecule has 4 aromatic carbocycles. The van der Waals surface area contributed by atoms with Crippen LogP contribution in [0.1, 0.15) is 97.9 Å². The molecule has 0 N–H and O–H groups in total. The van der Waals surface area contributed by atoms with Crippen molar-refractivity contribution in [2.45, 2.75) is 120 Å². The van der Waals surface area contributed by atoms with Crippen LogP contribution in [0.25, 0.3) is 0 Å². The average molecular weight is 637 g/mol. The van der Waals surface area contributed by atoms with Crippen LogP contribution in [0.2, 0.25) is 0 Å². The van der Waals surface area contributed by atoms with Gasteiger partial charge in [0.1, 0.15) is 0 Å². The van der Waals surface area contributed by atoms with Crippen molar-refractivity contribution >= 4 is 37.1 Å². The molecule has 0 saturated heterocycles. The lowest BCUT2D eigenvalue weighted by Crippen LogP contribution is -2.46. The molecule has 0 saturated carbocycles. The number of hydrogen-bond donors (Lipinski definition) is 0. The number of hydrogen-bond acceptors (Lipinski definition) is 0. The molecule has 0 aliphatic rings. The lowest BCUT2D eigenvalue weighted by Gasteiger charge is -2.50. The smallest absolute Gasteiger partial charge is 0.00944 e. The van der Waals surface area contributed by atoms with Crippen LogP contribution in [0.15, 0.2) is 72.8 Å². The molecular weight excluding hydrogens is 578 g/mol. The van der Waals surface area contributed by atoms with Crippen LogP contribution in [-0.4, -0.2) is 11.3 Å². The van der Waals surface area contributed by atoms with Crippen LogP contribution in [0.4, 0.5) is 0 Å². The molecule has 45 heavy (non-hydrogen) atoms. The van der Waals surface area contributed by atoms with Crippen molar-refractivity contribution in [2.24, 2.45) is 5.41 Å². The van der Waals surface area contributed by atoms with Crippen molar-refractivity contribution < 1.29 is 0 Å². The number of rotatable bonds is 12. The molecule has 0 aliphatic heterocycles. The minimum atomic E-state index is -0.597. The van der Waals surface area contributed by atoms with Gasteiger partial charge in [0.25, 0.3) is 0 Å². The second-order valence-corrected chi connectivity index (χ2v) is 19.3. The first-order chi connectivity index (χ1) is 21.3. The highest BCUT2D eigenvalue weighted by Gasteiger charge is 2.47. The Morgan fingerprint density at radius 3 is 0.778 bits per heavy atom. The summed E-state index contributed by atoms with van der Waals surface area (Å²) in [6.45, 7) is 28.4. The zero-order chi connectivity index (χ0) is 33.1. The van der Waals surface area contributed by atoms with E-state index in [4.69, 9.17) is 0 Å². The quantitative estimate of drug-likeness (QED) is 0.136. The Morgan fingerprint density at radius 2 is 0.600 bits per heavy atom. The van der Waals surface area contributed by atoms with Gasteiger partial charge >= 0.3 is 0 Å². The maximum absolute atomic E-state index is 2.65. The van der Waals surface area contributed by atoms with E-state index in [0.717, 1.165) is 0 Å². The van der Waals surface area contributed by atoms with Crippen molar-refractivity contribution in [1.29, 1.82) is 0 Å². The van der Waals surface area contributed by atoms with E-state index in [0.29, 0.717) is 11.3 Å². The molecule has 2 unspecified atom stereocenters. The summed E-state index contributed by atoms with van der Waals surface area (Å²) in [4.78, 5) is 0. The van der Waals surface area contributed by atoms with Gasteiger partial charge in [0.2, 0.25) is 0 Å². The third kappa shape index (κ3) is 8.19. The fourth-order valence-electron chi connectivity index (χ4n) is 8.31. The summed E-state index contributed by atoms with van der Waals surface area (Å²) in [5.41, 5.74) is 12.3. The second-order valence-electron chi connectivity index (χ2n) is 14.2. The fraction of sp³-hybridized carbons (Fsp3) is 0.442. The molecule has 0 bridgehead atoms. The topological polar surface area (TPSA) is 0 Å². The average Bonchev–Trinajstić information content (AvgIpc) is 2.91. The predicted molar refractivity (Wildman–Crippen MR) is 207 cm³/mol. The summed E-state index contributed by atoms with van der Waals surface area (Å²) >= 11 is 0. The SMILES string of the molecule is CCCC(CCC)(C(C)P(c1cc(C)cc(C)c1)c1cc(C)cc(C)c1)C(C)P(c1cc(C)cc(C)c1)c1cc(C)cc(C)c1. The summed E-state index contributed by atoms with van der Waals surface area (Å²) in [6, 6.07) is 29.5. The molecular formula is C43H58P2. The van der Waals surface area contributed by atoms with E-state index in [-0.39, 0.29) is 5.41 Å². The van der Waals surface area contributed by atoms with E-state index < -0.39 is 15.8 Å². The van der Waals surface area contributed by atoms with Crippen LogP contribution in [0, 0.1) is 60.8 Å². The number of benzene rings is 4. The van der Waals surface area contributed by atoms with Gasteiger partial charge < -0.3 is 0 Å². The standard InChI is InChI=1S/C43H58P2/c1-13-15-43(16-14-2,37(11)44(39-21-29(3)17-30(4)22-39)40-23-31(5)18-32(6)24-40)38(12)45(41-25-33(7)19-34(8)26-41)42-27-35(9)20-36(10)28-42/h17-28,37-38H,13-16H2,1-12H3. The summed E-state index contributed by atoms with van der Waals surface area (Å²) in [5.74, 6) is 0. The molecule has 0 fully saturated rings. The summed E-state index contributed by atoms with van der Waals surface area (Å²) < 4.78 is 0. The molecule has 0 amide bonds. The molecule has 4 rings (SSSR count). The summed E-state index contributed by atoms with van der Waals surface area (Å²) in [7, 11) is -1.19. The number of aryl methyl sites for hydroxylation is 8. The van der Waals surface area contributed by atoms with Gasteiger partial charge in [-0.05, 0) is 122 Å².